The molecule has 1 amide bonds. The fourth-order valence-corrected chi connectivity index (χ4v) is 2.93. The number of carbonyl (C=O) groups excluding carboxylic acids is 1. The van der Waals surface area contributed by atoms with Crippen molar-refractivity contribution in [1.29, 1.82) is 0 Å². The number of nitrogens with zero attached hydrogens (tertiary/aromatic N) is 2. The lowest BCUT2D eigenvalue weighted by Gasteiger charge is -2.29. The van der Waals surface area contributed by atoms with E-state index in [0.29, 0.717) is 18.1 Å². The Morgan fingerprint density at radius 1 is 1.42 bits per heavy atom. The molecule has 1 saturated carbocycles. The highest BCUT2D eigenvalue weighted by Crippen LogP contribution is 2.28. The summed E-state index contributed by atoms with van der Waals surface area (Å²) in [6.07, 6.45) is 4.98. The zero-order chi connectivity index (χ0) is 14.0. The van der Waals surface area contributed by atoms with Crippen molar-refractivity contribution in [1.82, 2.24) is 5.16 Å². The topological polar surface area (TPSA) is 72.4 Å². The Morgan fingerprint density at radius 3 is 2.68 bits per heavy atom. The highest BCUT2D eigenvalue weighted by Gasteiger charge is 2.27. The molecule has 0 saturated heterocycles. The highest BCUT2D eigenvalue weighted by molar-refractivity contribution is 5.93. The Hall–Kier alpha value is -1.36. The number of amides is 1. The van der Waals surface area contributed by atoms with Gasteiger partial charge in [0.2, 0.25) is 5.91 Å². The van der Waals surface area contributed by atoms with Gasteiger partial charge in [-0.2, -0.15) is 0 Å². The van der Waals surface area contributed by atoms with Crippen molar-refractivity contribution in [2.24, 2.45) is 11.7 Å². The molecule has 0 bridgehead atoms. The van der Waals surface area contributed by atoms with Gasteiger partial charge in [0.1, 0.15) is 11.4 Å². The van der Waals surface area contributed by atoms with Crippen molar-refractivity contribution in [3.05, 3.63) is 11.5 Å². The minimum absolute atomic E-state index is 0.0942. The molecule has 1 fully saturated rings. The summed E-state index contributed by atoms with van der Waals surface area (Å²) < 4.78 is 5.11. The van der Waals surface area contributed by atoms with Gasteiger partial charge in [0, 0.05) is 19.5 Å². The molecule has 1 heterocycles. The van der Waals surface area contributed by atoms with Crippen LogP contribution in [0.2, 0.25) is 0 Å². The first-order valence-electron chi connectivity index (χ1n) is 6.95. The van der Waals surface area contributed by atoms with Crippen LogP contribution in [-0.4, -0.2) is 24.2 Å². The highest BCUT2D eigenvalue weighted by atomic mass is 16.5. The summed E-state index contributed by atoms with van der Waals surface area (Å²) >= 11 is 0. The fraction of sp³-hybridized carbons (Fsp3) is 0.714. The van der Waals surface area contributed by atoms with Gasteiger partial charge in [-0.25, -0.2) is 0 Å². The summed E-state index contributed by atoms with van der Waals surface area (Å²) in [5.74, 6) is 1.09. The van der Waals surface area contributed by atoms with E-state index < -0.39 is 0 Å². The predicted octanol–water partition coefficient (Wildman–Crippen LogP) is 2.16. The Labute approximate surface area is 114 Å². The maximum absolute atomic E-state index is 12.4. The second-order valence-electron chi connectivity index (χ2n) is 5.54. The molecule has 1 aromatic rings. The molecular weight excluding hydrogens is 242 g/mol. The van der Waals surface area contributed by atoms with Crippen molar-refractivity contribution in [2.75, 3.05) is 11.9 Å². The second kappa shape index (κ2) is 5.74. The minimum Gasteiger partial charge on any atom is -0.359 e. The maximum atomic E-state index is 12.4. The summed E-state index contributed by atoms with van der Waals surface area (Å²) in [5, 5.41) is 3.89. The Kier molecular flexibility index (Phi) is 4.24. The lowest BCUT2D eigenvalue weighted by atomic mass is 9.83. The molecule has 0 aromatic carbocycles. The molecule has 2 rings (SSSR count). The third-order valence-corrected chi connectivity index (χ3v) is 4.11. The van der Waals surface area contributed by atoms with Crippen molar-refractivity contribution in [3.8, 4) is 0 Å². The van der Waals surface area contributed by atoms with Gasteiger partial charge < -0.3 is 15.2 Å². The molecule has 0 spiro atoms. The molecule has 0 aliphatic heterocycles. The molecule has 106 valence electrons. The van der Waals surface area contributed by atoms with Crippen molar-refractivity contribution >= 4 is 11.6 Å². The molecule has 5 heteroatoms. The van der Waals surface area contributed by atoms with Gasteiger partial charge in [0.15, 0.2) is 5.76 Å². The minimum atomic E-state index is 0.0942. The molecule has 2 atom stereocenters. The Bertz CT molecular complexity index is 436. The van der Waals surface area contributed by atoms with E-state index in [0.717, 1.165) is 24.2 Å². The molecule has 0 unspecified atom stereocenters. The Balaban J connectivity index is 2.03. The van der Waals surface area contributed by atoms with E-state index in [2.05, 4.69) is 5.16 Å². The quantitative estimate of drug-likeness (QED) is 0.909. The Morgan fingerprint density at radius 2 is 2.11 bits per heavy atom. The van der Waals surface area contributed by atoms with E-state index in [1.165, 1.54) is 12.8 Å². The number of hydrogen-bond acceptors (Lipinski definition) is 4. The third-order valence-electron chi connectivity index (χ3n) is 4.11. The lowest BCUT2D eigenvalue weighted by molar-refractivity contribution is -0.119. The maximum Gasteiger partial charge on any atom is 0.227 e. The second-order valence-corrected chi connectivity index (χ2v) is 5.54. The van der Waals surface area contributed by atoms with Crippen LogP contribution in [0.1, 0.15) is 43.6 Å². The van der Waals surface area contributed by atoms with E-state index >= 15 is 0 Å². The van der Waals surface area contributed by atoms with Gasteiger partial charge in [-0.1, -0.05) is 18.0 Å². The number of anilines is 1. The number of hydrogen-bond donors (Lipinski definition) is 1. The van der Waals surface area contributed by atoms with Gasteiger partial charge >= 0.3 is 0 Å². The monoisotopic (exact) mass is 265 g/mol. The summed E-state index contributed by atoms with van der Waals surface area (Å²) in [6, 6.07) is 0.163. The van der Waals surface area contributed by atoms with Crippen LogP contribution in [0.5, 0.6) is 0 Å². The van der Waals surface area contributed by atoms with Crippen molar-refractivity contribution < 1.29 is 9.32 Å². The largest absolute Gasteiger partial charge is 0.359 e. The van der Waals surface area contributed by atoms with E-state index in [9.17, 15) is 4.79 Å². The number of nitrogens with two attached hydrogens (primary N) is 1. The van der Waals surface area contributed by atoms with Gasteiger partial charge in [-0.05, 0) is 32.6 Å². The molecule has 2 N–H and O–H groups in total. The molecule has 19 heavy (non-hydrogen) atoms. The fourth-order valence-electron chi connectivity index (χ4n) is 2.93. The van der Waals surface area contributed by atoms with Crippen LogP contribution < -0.4 is 10.6 Å². The van der Waals surface area contributed by atoms with Gasteiger partial charge in [0.25, 0.3) is 0 Å². The number of aromatic nitrogens is 1. The number of carbonyl (C=O) groups is 1. The van der Waals surface area contributed by atoms with E-state index in [1.54, 1.807) is 11.9 Å². The van der Waals surface area contributed by atoms with Crippen LogP contribution in [-0.2, 0) is 4.79 Å². The molecule has 1 aliphatic rings. The molecule has 1 aromatic heterocycles. The van der Waals surface area contributed by atoms with Crippen LogP contribution in [0.4, 0.5) is 5.69 Å². The lowest BCUT2D eigenvalue weighted by Crippen LogP contribution is -2.38. The average Bonchev–Trinajstić information content (AvgIpc) is 2.71. The first-order chi connectivity index (χ1) is 9.00. The van der Waals surface area contributed by atoms with Gasteiger partial charge in [0.05, 0.1) is 0 Å². The zero-order valence-electron chi connectivity index (χ0n) is 12.0. The third kappa shape index (κ3) is 2.97. The first kappa shape index (κ1) is 14.1. The van der Waals surface area contributed by atoms with E-state index in [4.69, 9.17) is 10.3 Å². The SMILES string of the molecule is Cc1noc(C)c1N(C)C(=O)C[C@@H]1CCCC[C@@H]1N. The van der Waals surface area contributed by atoms with Crippen molar-refractivity contribution in [2.45, 2.75) is 52.0 Å². The van der Waals surface area contributed by atoms with Crippen LogP contribution in [0, 0.1) is 19.8 Å². The molecule has 5 nitrogen and oxygen atoms in total. The van der Waals surface area contributed by atoms with Crippen LogP contribution >= 0.6 is 0 Å². The van der Waals surface area contributed by atoms with E-state index in [-0.39, 0.29) is 11.9 Å². The standard InChI is InChI=1S/C14H23N3O2/c1-9-14(10(2)19-16-9)17(3)13(18)8-11-6-4-5-7-12(11)15/h11-12H,4-8,15H2,1-3H3/t11-,12-/m0/s1. The smallest absolute Gasteiger partial charge is 0.227 e. The first-order valence-corrected chi connectivity index (χ1v) is 6.95. The van der Waals surface area contributed by atoms with Crippen LogP contribution in [0.15, 0.2) is 4.52 Å². The molecule has 1 aliphatic carbocycles. The summed E-state index contributed by atoms with van der Waals surface area (Å²) in [5.41, 5.74) is 7.64. The summed E-state index contributed by atoms with van der Waals surface area (Å²) in [6.45, 7) is 3.67. The average molecular weight is 265 g/mol. The van der Waals surface area contributed by atoms with Crippen molar-refractivity contribution in [3.63, 3.8) is 0 Å². The predicted molar refractivity (Wildman–Crippen MR) is 73.9 cm³/mol. The molecule has 0 radical (unpaired) electrons. The summed E-state index contributed by atoms with van der Waals surface area (Å²) in [7, 11) is 1.78. The number of rotatable bonds is 3. The summed E-state index contributed by atoms with van der Waals surface area (Å²) in [4.78, 5) is 14.0. The normalized spacial score (nSPS) is 23.4. The van der Waals surface area contributed by atoms with E-state index in [1.807, 2.05) is 13.8 Å². The zero-order valence-corrected chi connectivity index (χ0v) is 12.0. The van der Waals surface area contributed by atoms with Gasteiger partial charge in [-0.3, -0.25) is 4.79 Å². The van der Waals surface area contributed by atoms with Crippen LogP contribution in [0.3, 0.4) is 0 Å². The van der Waals surface area contributed by atoms with Crippen LogP contribution in [0.25, 0.3) is 0 Å². The number of aryl methyl sites for hydroxylation is 2. The molecular formula is C14H23N3O2. The van der Waals surface area contributed by atoms with Gasteiger partial charge in [-0.15, -0.1) is 0 Å².